The molecule has 21 heavy (non-hydrogen) atoms. The molecule has 0 saturated carbocycles. The van der Waals surface area contributed by atoms with Crippen LogP contribution in [0.15, 0.2) is 24.3 Å². The van der Waals surface area contributed by atoms with E-state index in [1.54, 1.807) is 18.2 Å². The highest BCUT2D eigenvalue weighted by molar-refractivity contribution is 5.87. The van der Waals surface area contributed by atoms with Crippen LogP contribution in [0.25, 0.3) is 0 Å². The molecule has 0 aromatic heterocycles. The Balaban J connectivity index is 1.73. The Bertz CT molecular complexity index is 515. The Labute approximate surface area is 124 Å². The van der Waals surface area contributed by atoms with Gasteiger partial charge >= 0.3 is 5.97 Å². The lowest BCUT2D eigenvalue weighted by Crippen LogP contribution is -2.24. The monoisotopic (exact) mass is 291 g/mol. The van der Waals surface area contributed by atoms with Crippen LogP contribution < -0.4 is 5.32 Å². The van der Waals surface area contributed by atoms with E-state index in [-0.39, 0.29) is 17.6 Å². The van der Waals surface area contributed by atoms with Gasteiger partial charge in [-0.2, -0.15) is 0 Å². The zero-order valence-corrected chi connectivity index (χ0v) is 12.2. The second-order valence-electron chi connectivity index (χ2n) is 5.47. The van der Waals surface area contributed by atoms with Gasteiger partial charge in [-0.25, -0.2) is 4.79 Å². The van der Waals surface area contributed by atoms with Crippen LogP contribution in [0.5, 0.6) is 0 Å². The number of ether oxygens (including phenoxy) is 1. The Morgan fingerprint density at radius 1 is 1.38 bits per heavy atom. The molecule has 1 amide bonds. The van der Waals surface area contributed by atoms with E-state index in [1.165, 1.54) is 6.07 Å². The van der Waals surface area contributed by atoms with Gasteiger partial charge in [-0.1, -0.05) is 12.1 Å². The molecule has 1 aromatic carbocycles. The highest BCUT2D eigenvalue weighted by Crippen LogP contribution is 2.22. The maximum absolute atomic E-state index is 11.8. The Hall–Kier alpha value is -1.88. The summed E-state index contributed by atoms with van der Waals surface area (Å²) in [4.78, 5) is 22.7. The molecular weight excluding hydrogens is 270 g/mol. The van der Waals surface area contributed by atoms with Gasteiger partial charge in [0.25, 0.3) is 0 Å². The van der Waals surface area contributed by atoms with Gasteiger partial charge in [0.2, 0.25) is 5.91 Å². The van der Waals surface area contributed by atoms with Crippen molar-refractivity contribution in [2.24, 2.45) is 0 Å². The molecule has 0 aliphatic carbocycles. The molecule has 114 valence electrons. The molecule has 1 saturated heterocycles. The van der Waals surface area contributed by atoms with E-state index in [2.05, 4.69) is 12.2 Å². The molecule has 2 rings (SSSR count). The highest BCUT2D eigenvalue weighted by Gasteiger charge is 2.22. The molecule has 1 aliphatic rings. The van der Waals surface area contributed by atoms with Gasteiger partial charge in [0.15, 0.2) is 0 Å². The smallest absolute Gasteiger partial charge is 0.335 e. The van der Waals surface area contributed by atoms with Crippen molar-refractivity contribution in [2.75, 3.05) is 0 Å². The quantitative estimate of drug-likeness (QED) is 0.843. The number of nitrogens with one attached hydrogen (secondary N) is 1. The van der Waals surface area contributed by atoms with Crippen LogP contribution in [0.2, 0.25) is 0 Å². The van der Waals surface area contributed by atoms with Crippen LogP contribution in [-0.4, -0.2) is 29.2 Å². The third kappa shape index (κ3) is 4.86. The number of aromatic carboxylic acids is 1. The number of hydrogen-bond acceptors (Lipinski definition) is 3. The minimum absolute atomic E-state index is 0.0288. The predicted octanol–water partition coefficient (Wildman–Crippen LogP) is 2.35. The van der Waals surface area contributed by atoms with Crippen LogP contribution in [0.4, 0.5) is 0 Å². The summed E-state index contributed by atoms with van der Waals surface area (Å²) in [7, 11) is 0. The number of carbonyl (C=O) groups excluding carboxylic acids is 1. The van der Waals surface area contributed by atoms with Crippen LogP contribution in [0, 0.1) is 0 Å². The minimum atomic E-state index is -0.962. The first-order valence-electron chi connectivity index (χ1n) is 7.29. The molecule has 0 spiro atoms. The third-order valence-electron chi connectivity index (χ3n) is 3.68. The number of rotatable bonds is 6. The molecule has 0 radical (unpaired) electrons. The van der Waals surface area contributed by atoms with E-state index >= 15 is 0 Å². The Morgan fingerprint density at radius 3 is 2.86 bits per heavy atom. The summed E-state index contributed by atoms with van der Waals surface area (Å²) < 4.78 is 5.67. The maximum atomic E-state index is 11.8. The SMILES string of the molecule is C[C@H]1CC[C@@H](CCC(=O)NCc2cccc(C(=O)O)c2)O1. The van der Waals surface area contributed by atoms with Gasteiger partial charge in [0.05, 0.1) is 17.8 Å². The summed E-state index contributed by atoms with van der Waals surface area (Å²) in [6.07, 6.45) is 3.77. The Morgan fingerprint density at radius 2 is 2.19 bits per heavy atom. The average molecular weight is 291 g/mol. The van der Waals surface area contributed by atoms with Crippen molar-refractivity contribution in [3.63, 3.8) is 0 Å². The molecule has 0 unspecified atom stereocenters. The molecule has 1 aromatic rings. The van der Waals surface area contributed by atoms with E-state index in [0.29, 0.717) is 19.1 Å². The summed E-state index contributed by atoms with van der Waals surface area (Å²) in [6.45, 7) is 2.40. The molecule has 5 heteroatoms. The molecule has 1 aliphatic heterocycles. The van der Waals surface area contributed by atoms with E-state index in [4.69, 9.17) is 9.84 Å². The molecule has 0 bridgehead atoms. The van der Waals surface area contributed by atoms with Crippen LogP contribution in [0.1, 0.15) is 48.5 Å². The first kappa shape index (κ1) is 15.5. The fourth-order valence-electron chi connectivity index (χ4n) is 2.49. The second kappa shape index (κ2) is 7.22. The minimum Gasteiger partial charge on any atom is -0.478 e. The van der Waals surface area contributed by atoms with Crippen molar-refractivity contribution in [1.82, 2.24) is 5.32 Å². The fraction of sp³-hybridized carbons (Fsp3) is 0.500. The van der Waals surface area contributed by atoms with Gasteiger partial charge in [0.1, 0.15) is 0 Å². The van der Waals surface area contributed by atoms with Gasteiger partial charge in [-0.3, -0.25) is 4.79 Å². The van der Waals surface area contributed by atoms with Crippen molar-refractivity contribution in [3.8, 4) is 0 Å². The molecule has 2 atom stereocenters. The first-order valence-corrected chi connectivity index (χ1v) is 7.29. The van der Waals surface area contributed by atoms with E-state index in [0.717, 1.165) is 24.8 Å². The number of carboxylic acids is 1. The van der Waals surface area contributed by atoms with Crippen LogP contribution >= 0.6 is 0 Å². The van der Waals surface area contributed by atoms with Gasteiger partial charge in [-0.05, 0) is 43.9 Å². The molecular formula is C16H21NO4. The van der Waals surface area contributed by atoms with E-state index in [1.807, 2.05) is 0 Å². The van der Waals surface area contributed by atoms with E-state index in [9.17, 15) is 9.59 Å². The third-order valence-corrected chi connectivity index (χ3v) is 3.68. The number of amides is 1. The lowest BCUT2D eigenvalue weighted by atomic mass is 10.1. The van der Waals surface area contributed by atoms with Gasteiger partial charge in [-0.15, -0.1) is 0 Å². The predicted molar refractivity (Wildman–Crippen MR) is 78.1 cm³/mol. The van der Waals surface area contributed by atoms with Crippen LogP contribution in [-0.2, 0) is 16.1 Å². The lowest BCUT2D eigenvalue weighted by molar-refractivity contribution is -0.122. The van der Waals surface area contributed by atoms with Crippen LogP contribution in [0.3, 0.4) is 0 Å². The topological polar surface area (TPSA) is 75.6 Å². The van der Waals surface area contributed by atoms with Crippen molar-refractivity contribution in [1.29, 1.82) is 0 Å². The highest BCUT2D eigenvalue weighted by atomic mass is 16.5. The first-order chi connectivity index (χ1) is 10.0. The van der Waals surface area contributed by atoms with Crippen molar-refractivity contribution < 1.29 is 19.4 Å². The van der Waals surface area contributed by atoms with E-state index < -0.39 is 5.97 Å². The Kier molecular flexibility index (Phi) is 5.33. The zero-order valence-electron chi connectivity index (χ0n) is 12.2. The maximum Gasteiger partial charge on any atom is 0.335 e. The normalized spacial score (nSPS) is 21.2. The molecule has 1 heterocycles. The average Bonchev–Trinajstić information content (AvgIpc) is 2.89. The summed E-state index contributed by atoms with van der Waals surface area (Å²) in [6, 6.07) is 6.59. The van der Waals surface area contributed by atoms with Crippen molar-refractivity contribution >= 4 is 11.9 Å². The number of benzene rings is 1. The summed E-state index contributed by atoms with van der Waals surface area (Å²) in [5.74, 6) is -0.991. The summed E-state index contributed by atoms with van der Waals surface area (Å²) >= 11 is 0. The summed E-state index contributed by atoms with van der Waals surface area (Å²) in [5, 5.41) is 11.7. The van der Waals surface area contributed by atoms with Crippen molar-refractivity contribution in [3.05, 3.63) is 35.4 Å². The largest absolute Gasteiger partial charge is 0.478 e. The second-order valence-corrected chi connectivity index (χ2v) is 5.47. The van der Waals surface area contributed by atoms with Gasteiger partial charge < -0.3 is 15.2 Å². The van der Waals surface area contributed by atoms with Gasteiger partial charge in [0, 0.05) is 13.0 Å². The zero-order chi connectivity index (χ0) is 15.2. The molecule has 1 fully saturated rings. The lowest BCUT2D eigenvalue weighted by Gasteiger charge is -2.11. The fourth-order valence-corrected chi connectivity index (χ4v) is 2.49. The molecule has 5 nitrogen and oxygen atoms in total. The summed E-state index contributed by atoms with van der Waals surface area (Å²) in [5.41, 5.74) is 1.02. The van der Waals surface area contributed by atoms with Crippen molar-refractivity contribution in [2.45, 2.75) is 51.4 Å². The molecule has 2 N–H and O–H groups in total. The number of hydrogen-bond donors (Lipinski definition) is 2. The number of carbonyl (C=O) groups is 2. The standard InChI is InChI=1S/C16H21NO4/c1-11-5-6-14(21-11)7-8-15(18)17-10-12-3-2-4-13(9-12)16(19)20/h2-4,9,11,14H,5-8,10H2,1H3,(H,17,18)(H,19,20)/t11-,14-/m0/s1. The number of carboxylic acid groups (broad SMARTS) is 1.